The summed E-state index contributed by atoms with van der Waals surface area (Å²) in [5.74, 6) is 3.16. The number of unbranched alkanes of at least 4 members (excludes halogenated alkanes) is 2. The highest BCUT2D eigenvalue weighted by Crippen LogP contribution is 2.61. The quantitative estimate of drug-likeness (QED) is 0.713. The number of nitrogens with two attached hydrogens (primary N) is 1. The standard InChI is InChI=1S/C16H29N/c1-2-3-4-5-15(17)16-9-12-6-13(10-16)8-14(7-12)11-16/h12-15H,2-11,17H2,1H3. The van der Waals surface area contributed by atoms with Gasteiger partial charge >= 0.3 is 0 Å². The van der Waals surface area contributed by atoms with E-state index in [4.69, 9.17) is 5.73 Å². The molecule has 4 rings (SSSR count). The van der Waals surface area contributed by atoms with Crippen LogP contribution in [0.1, 0.15) is 71.1 Å². The molecular formula is C16H29N. The van der Waals surface area contributed by atoms with Gasteiger partial charge in [0.2, 0.25) is 0 Å². The van der Waals surface area contributed by atoms with E-state index in [1.807, 2.05) is 0 Å². The van der Waals surface area contributed by atoms with Crippen molar-refractivity contribution in [2.75, 3.05) is 0 Å². The van der Waals surface area contributed by atoms with E-state index in [1.165, 1.54) is 44.9 Å². The summed E-state index contributed by atoms with van der Waals surface area (Å²) in [6.45, 7) is 2.29. The van der Waals surface area contributed by atoms with Crippen LogP contribution in [-0.4, -0.2) is 6.04 Å². The lowest BCUT2D eigenvalue weighted by molar-refractivity contribution is -0.0684. The lowest BCUT2D eigenvalue weighted by atomic mass is 9.47. The maximum Gasteiger partial charge on any atom is 0.00958 e. The molecule has 4 saturated carbocycles. The summed E-state index contributed by atoms with van der Waals surface area (Å²) in [6, 6.07) is 0.516. The van der Waals surface area contributed by atoms with Gasteiger partial charge in [-0.25, -0.2) is 0 Å². The van der Waals surface area contributed by atoms with Crippen molar-refractivity contribution in [3.8, 4) is 0 Å². The fraction of sp³-hybridized carbons (Fsp3) is 1.00. The lowest BCUT2D eigenvalue weighted by Crippen LogP contribution is -2.54. The summed E-state index contributed by atoms with van der Waals surface area (Å²) >= 11 is 0. The molecule has 1 nitrogen and oxygen atoms in total. The zero-order valence-corrected chi connectivity index (χ0v) is 11.5. The fourth-order valence-corrected chi connectivity index (χ4v) is 5.55. The van der Waals surface area contributed by atoms with Crippen LogP contribution in [-0.2, 0) is 0 Å². The Hall–Kier alpha value is -0.0400. The van der Waals surface area contributed by atoms with E-state index in [0.29, 0.717) is 11.5 Å². The molecule has 1 unspecified atom stereocenters. The van der Waals surface area contributed by atoms with E-state index in [2.05, 4.69) is 6.92 Å². The second kappa shape index (κ2) is 4.57. The first-order valence-corrected chi connectivity index (χ1v) is 7.97. The number of hydrogen-bond donors (Lipinski definition) is 1. The second-order valence-electron chi connectivity index (χ2n) is 7.38. The summed E-state index contributed by atoms with van der Waals surface area (Å²) in [5, 5.41) is 0. The summed E-state index contributed by atoms with van der Waals surface area (Å²) in [7, 11) is 0. The largest absolute Gasteiger partial charge is 0.327 e. The van der Waals surface area contributed by atoms with Gasteiger partial charge in [-0.1, -0.05) is 26.2 Å². The fourth-order valence-electron chi connectivity index (χ4n) is 5.55. The molecule has 0 spiro atoms. The van der Waals surface area contributed by atoms with Crippen molar-refractivity contribution >= 4 is 0 Å². The Labute approximate surface area is 107 Å². The molecule has 2 N–H and O–H groups in total. The smallest absolute Gasteiger partial charge is 0.00958 e. The van der Waals surface area contributed by atoms with Crippen molar-refractivity contribution in [3.05, 3.63) is 0 Å². The second-order valence-corrected chi connectivity index (χ2v) is 7.38. The van der Waals surface area contributed by atoms with Crippen LogP contribution in [0.4, 0.5) is 0 Å². The molecule has 4 bridgehead atoms. The Balaban J connectivity index is 1.64. The molecule has 0 amide bonds. The molecule has 98 valence electrons. The van der Waals surface area contributed by atoms with Crippen LogP contribution >= 0.6 is 0 Å². The topological polar surface area (TPSA) is 26.0 Å². The summed E-state index contributed by atoms with van der Waals surface area (Å²) in [5.41, 5.74) is 7.20. The zero-order chi connectivity index (χ0) is 11.9. The van der Waals surface area contributed by atoms with E-state index >= 15 is 0 Å². The van der Waals surface area contributed by atoms with Gasteiger partial charge in [0.05, 0.1) is 0 Å². The van der Waals surface area contributed by atoms with Gasteiger partial charge < -0.3 is 5.73 Å². The Kier molecular flexibility index (Phi) is 3.23. The van der Waals surface area contributed by atoms with Crippen LogP contribution in [0.5, 0.6) is 0 Å². The third kappa shape index (κ3) is 2.16. The molecule has 0 heterocycles. The predicted octanol–water partition coefficient (Wildman–Crippen LogP) is 4.11. The van der Waals surface area contributed by atoms with Gasteiger partial charge in [-0.2, -0.15) is 0 Å². The van der Waals surface area contributed by atoms with Crippen LogP contribution in [0, 0.1) is 23.2 Å². The molecule has 0 aromatic carbocycles. The average molecular weight is 235 g/mol. The van der Waals surface area contributed by atoms with Crippen LogP contribution in [0.25, 0.3) is 0 Å². The summed E-state index contributed by atoms with van der Waals surface area (Å²) in [4.78, 5) is 0. The van der Waals surface area contributed by atoms with Crippen molar-refractivity contribution in [2.45, 2.75) is 77.2 Å². The first-order chi connectivity index (χ1) is 8.22. The van der Waals surface area contributed by atoms with Crippen LogP contribution in [0.2, 0.25) is 0 Å². The van der Waals surface area contributed by atoms with Gasteiger partial charge in [-0.05, 0) is 68.1 Å². The van der Waals surface area contributed by atoms with E-state index in [1.54, 1.807) is 19.3 Å². The van der Waals surface area contributed by atoms with Crippen LogP contribution in [0.15, 0.2) is 0 Å². The lowest BCUT2D eigenvalue weighted by Gasteiger charge is -2.59. The molecular weight excluding hydrogens is 206 g/mol. The molecule has 1 heteroatoms. The van der Waals surface area contributed by atoms with Crippen molar-refractivity contribution in [1.29, 1.82) is 0 Å². The van der Waals surface area contributed by atoms with Crippen molar-refractivity contribution < 1.29 is 0 Å². The Morgan fingerprint density at radius 1 is 1.00 bits per heavy atom. The molecule has 4 fully saturated rings. The summed E-state index contributed by atoms with van der Waals surface area (Å²) < 4.78 is 0. The van der Waals surface area contributed by atoms with Gasteiger partial charge in [0.1, 0.15) is 0 Å². The Morgan fingerprint density at radius 3 is 2.00 bits per heavy atom. The number of hydrogen-bond acceptors (Lipinski definition) is 1. The molecule has 0 radical (unpaired) electrons. The van der Waals surface area contributed by atoms with E-state index < -0.39 is 0 Å². The minimum atomic E-state index is 0.516. The van der Waals surface area contributed by atoms with Gasteiger partial charge in [0.25, 0.3) is 0 Å². The maximum absolute atomic E-state index is 6.61. The minimum Gasteiger partial charge on any atom is -0.327 e. The Morgan fingerprint density at radius 2 is 1.53 bits per heavy atom. The highest BCUT2D eigenvalue weighted by molar-refractivity contribution is 5.05. The zero-order valence-electron chi connectivity index (χ0n) is 11.5. The van der Waals surface area contributed by atoms with E-state index in [9.17, 15) is 0 Å². The SMILES string of the molecule is CCCCCC(N)C12CC3CC(CC(C3)C1)C2. The van der Waals surface area contributed by atoms with Crippen LogP contribution in [0.3, 0.4) is 0 Å². The molecule has 1 atom stereocenters. The number of rotatable bonds is 5. The van der Waals surface area contributed by atoms with Gasteiger partial charge in [0.15, 0.2) is 0 Å². The third-order valence-electron chi connectivity index (χ3n) is 5.99. The third-order valence-corrected chi connectivity index (χ3v) is 5.99. The molecule has 0 saturated heterocycles. The molecule has 17 heavy (non-hydrogen) atoms. The summed E-state index contributed by atoms with van der Waals surface area (Å²) in [6.07, 6.45) is 14.4. The first-order valence-electron chi connectivity index (χ1n) is 7.97. The van der Waals surface area contributed by atoms with Crippen molar-refractivity contribution in [1.82, 2.24) is 0 Å². The van der Waals surface area contributed by atoms with Gasteiger partial charge in [0, 0.05) is 6.04 Å². The van der Waals surface area contributed by atoms with Crippen molar-refractivity contribution in [3.63, 3.8) is 0 Å². The van der Waals surface area contributed by atoms with E-state index in [0.717, 1.165) is 17.8 Å². The molecule has 4 aliphatic carbocycles. The first kappa shape index (κ1) is 12.0. The normalized spacial score (nSPS) is 45.2. The molecule has 0 aromatic rings. The maximum atomic E-state index is 6.61. The highest BCUT2D eigenvalue weighted by Gasteiger charge is 2.52. The molecule has 0 aromatic heterocycles. The Bertz CT molecular complexity index is 235. The minimum absolute atomic E-state index is 0.516. The predicted molar refractivity (Wildman–Crippen MR) is 72.7 cm³/mol. The molecule has 4 aliphatic rings. The van der Waals surface area contributed by atoms with Gasteiger partial charge in [-0.3, -0.25) is 0 Å². The van der Waals surface area contributed by atoms with E-state index in [-0.39, 0.29) is 0 Å². The molecule has 0 aliphatic heterocycles. The van der Waals surface area contributed by atoms with Gasteiger partial charge in [-0.15, -0.1) is 0 Å². The van der Waals surface area contributed by atoms with Crippen LogP contribution < -0.4 is 5.73 Å². The highest BCUT2D eigenvalue weighted by atomic mass is 14.7. The average Bonchev–Trinajstić information content (AvgIpc) is 2.27. The monoisotopic (exact) mass is 235 g/mol. The van der Waals surface area contributed by atoms with Crippen molar-refractivity contribution in [2.24, 2.45) is 28.9 Å².